The van der Waals surface area contributed by atoms with Crippen molar-refractivity contribution in [3.05, 3.63) is 11.6 Å². The van der Waals surface area contributed by atoms with E-state index < -0.39 is 0 Å². The van der Waals surface area contributed by atoms with E-state index in [4.69, 9.17) is 14.6 Å². The van der Waals surface area contributed by atoms with E-state index in [1.54, 1.807) is 13.0 Å². The van der Waals surface area contributed by atoms with E-state index in [2.05, 4.69) is 0 Å². The van der Waals surface area contributed by atoms with Crippen LogP contribution in [-0.4, -0.2) is 37.0 Å². The van der Waals surface area contributed by atoms with Gasteiger partial charge in [-0.3, -0.25) is 0 Å². The Morgan fingerprint density at radius 3 is 3.00 bits per heavy atom. The third-order valence-electron chi connectivity index (χ3n) is 1.70. The fraction of sp³-hybridized carbons (Fsp3) is 0.667. The molecule has 0 aromatic heterocycles. The van der Waals surface area contributed by atoms with Gasteiger partial charge in [-0.2, -0.15) is 0 Å². The van der Waals surface area contributed by atoms with Crippen molar-refractivity contribution in [3.8, 4) is 0 Å². The van der Waals surface area contributed by atoms with E-state index in [-0.39, 0.29) is 18.7 Å². The van der Waals surface area contributed by atoms with Gasteiger partial charge in [0.05, 0.1) is 6.61 Å². The maximum absolute atomic E-state index is 11.2. The second-order valence-electron chi connectivity index (χ2n) is 2.95. The largest absolute Gasteiger partial charge is 0.459 e. The minimum Gasteiger partial charge on any atom is -0.459 e. The number of ether oxygens (including phenoxy) is 2. The van der Waals surface area contributed by atoms with Crippen molar-refractivity contribution < 1.29 is 19.4 Å². The van der Waals surface area contributed by atoms with Crippen LogP contribution < -0.4 is 0 Å². The van der Waals surface area contributed by atoms with Crippen molar-refractivity contribution >= 4 is 5.97 Å². The first-order valence-electron chi connectivity index (χ1n) is 4.30. The summed E-state index contributed by atoms with van der Waals surface area (Å²) >= 11 is 0. The van der Waals surface area contributed by atoms with E-state index >= 15 is 0 Å². The van der Waals surface area contributed by atoms with Crippen molar-refractivity contribution in [2.45, 2.75) is 19.4 Å². The molecule has 0 radical (unpaired) electrons. The van der Waals surface area contributed by atoms with Crippen LogP contribution in [0.5, 0.6) is 0 Å². The number of hydrogen-bond acceptors (Lipinski definition) is 4. The average Bonchev–Trinajstić information content (AvgIpc) is 2.93. The summed E-state index contributed by atoms with van der Waals surface area (Å²) in [6.07, 6.45) is 2.26. The molecule has 4 nitrogen and oxygen atoms in total. The summed E-state index contributed by atoms with van der Waals surface area (Å²) in [5.74, 6) is -0.330. The predicted molar refractivity (Wildman–Crippen MR) is 46.2 cm³/mol. The van der Waals surface area contributed by atoms with Crippen LogP contribution in [0.25, 0.3) is 0 Å². The molecule has 0 saturated carbocycles. The van der Waals surface area contributed by atoms with E-state index in [1.807, 2.05) is 0 Å². The Hall–Kier alpha value is -0.870. The first-order valence-corrected chi connectivity index (χ1v) is 4.30. The van der Waals surface area contributed by atoms with Gasteiger partial charge in [0, 0.05) is 12.2 Å². The summed E-state index contributed by atoms with van der Waals surface area (Å²) in [5.41, 5.74) is 0.537. The number of hydrogen-bond donors (Lipinski definition) is 1. The normalized spacial score (nSPS) is 21.4. The smallest absolute Gasteiger partial charge is 0.333 e. The van der Waals surface area contributed by atoms with Gasteiger partial charge in [-0.25, -0.2) is 4.79 Å². The lowest BCUT2D eigenvalue weighted by molar-refractivity contribution is -0.139. The Kier molecular flexibility index (Phi) is 3.92. The van der Waals surface area contributed by atoms with Crippen LogP contribution >= 0.6 is 0 Å². The number of aliphatic hydroxyl groups excluding tert-OH is 1. The van der Waals surface area contributed by atoms with Gasteiger partial charge in [-0.1, -0.05) is 6.08 Å². The minimum atomic E-state index is -0.330. The molecule has 1 saturated heterocycles. The van der Waals surface area contributed by atoms with Crippen molar-refractivity contribution in [2.75, 3.05) is 19.8 Å². The lowest BCUT2D eigenvalue weighted by Gasteiger charge is -2.01. The topological polar surface area (TPSA) is 59.1 Å². The first kappa shape index (κ1) is 10.2. The zero-order valence-corrected chi connectivity index (χ0v) is 7.66. The minimum absolute atomic E-state index is 0.0519. The highest BCUT2D eigenvalue weighted by atomic mass is 16.6. The van der Waals surface area contributed by atoms with Gasteiger partial charge in [0.15, 0.2) is 0 Å². The summed E-state index contributed by atoms with van der Waals surface area (Å²) < 4.78 is 9.79. The maximum Gasteiger partial charge on any atom is 0.333 e. The number of epoxide rings is 1. The van der Waals surface area contributed by atoms with Gasteiger partial charge in [-0.05, 0) is 13.3 Å². The summed E-state index contributed by atoms with van der Waals surface area (Å²) in [5, 5.41) is 8.51. The molecule has 0 aliphatic carbocycles. The second kappa shape index (κ2) is 4.99. The van der Waals surface area contributed by atoms with Crippen molar-refractivity contribution in [2.24, 2.45) is 0 Å². The highest BCUT2D eigenvalue weighted by molar-refractivity contribution is 5.87. The quantitative estimate of drug-likeness (QED) is 0.380. The lowest BCUT2D eigenvalue weighted by Crippen LogP contribution is -2.10. The molecule has 1 fully saturated rings. The average molecular weight is 186 g/mol. The summed E-state index contributed by atoms with van der Waals surface area (Å²) in [6.45, 7) is 2.75. The van der Waals surface area contributed by atoms with Crippen molar-refractivity contribution in [1.29, 1.82) is 0 Å². The molecular weight excluding hydrogens is 172 g/mol. The molecule has 1 N–H and O–H groups in total. The highest BCUT2D eigenvalue weighted by Gasteiger charge is 2.24. The Morgan fingerprint density at radius 1 is 1.77 bits per heavy atom. The molecule has 74 valence electrons. The van der Waals surface area contributed by atoms with E-state index in [1.165, 1.54) is 0 Å². The maximum atomic E-state index is 11.2. The first-order chi connectivity index (χ1) is 6.24. The molecule has 1 heterocycles. The monoisotopic (exact) mass is 186 g/mol. The van der Waals surface area contributed by atoms with Crippen molar-refractivity contribution in [3.63, 3.8) is 0 Å². The number of esters is 1. The SMILES string of the molecule is CC(=CCCO)C(=O)OCC1CO1. The third-order valence-corrected chi connectivity index (χ3v) is 1.70. The van der Waals surface area contributed by atoms with Crippen LogP contribution in [0.4, 0.5) is 0 Å². The van der Waals surface area contributed by atoms with Crippen LogP contribution in [0.2, 0.25) is 0 Å². The third kappa shape index (κ3) is 4.05. The van der Waals surface area contributed by atoms with E-state index in [9.17, 15) is 4.79 Å². The van der Waals surface area contributed by atoms with Crippen LogP contribution in [0.3, 0.4) is 0 Å². The molecular formula is C9H14O4. The van der Waals surface area contributed by atoms with Gasteiger partial charge < -0.3 is 14.6 Å². The molecule has 0 spiro atoms. The number of aliphatic hydroxyl groups is 1. The molecule has 1 aliphatic rings. The second-order valence-corrected chi connectivity index (χ2v) is 2.95. The van der Waals surface area contributed by atoms with Crippen LogP contribution in [-0.2, 0) is 14.3 Å². The van der Waals surface area contributed by atoms with E-state index in [0.29, 0.717) is 25.2 Å². The summed E-state index contributed by atoms with van der Waals surface area (Å²) in [4.78, 5) is 11.2. The van der Waals surface area contributed by atoms with Gasteiger partial charge in [0.2, 0.25) is 0 Å². The molecule has 4 heteroatoms. The number of carbonyl (C=O) groups is 1. The fourth-order valence-corrected chi connectivity index (χ4v) is 0.811. The molecule has 1 atom stereocenters. The molecule has 1 aliphatic heterocycles. The van der Waals surface area contributed by atoms with Crippen LogP contribution in [0.1, 0.15) is 13.3 Å². The zero-order valence-electron chi connectivity index (χ0n) is 7.66. The Bertz CT molecular complexity index is 206. The molecule has 1 unspecified atom stereocenters. The summed E-state index contributed by atoms with van der Waals surface area (Å²) in [7, 11) is 0. The molecule has 13 heavy (non-hydrogen) atoms. The van der Waals surface area contributed by atoms with Crippen molar-refractivity contribution in [1.82, 2.24) is 0 Å². The number of carbonyl (C=O) groups excluding carboxylic acids is 1. The van der Waals surface area contributed by atoms with Gasteiger partial charge in [-0.15, -0.1) is 0 Å². The summed E-state index contributed by atoms with van der Waals surface area (Å²) in [6, 6.07) is 0. The number of rotatable bonds is 5. The standard InChI is InChI=1S/C9H14O4/c1-7(3-2-4-10)9(11)13-6-8-5-12-8/h3,8,10H,2,4-6H2,1H3. The molecule has 0 aromatic rings. The van der Waals surface area contributed by atoms with Gasteiger partial charge in [0.1, 0.15) is 12.7 Å². The lowest BCUT2D eigenvalue weighted by atomic mass is 10.2. The zero-order chi connectivity index (χ0) is 9.68. The fourth-order valence-electron chi connectivity index (χ4n) is 0.811. The van der Waals surface area contributed by atoms with E-state index in [0.717, 1.165) is 0 Å². The predicted octanol–water partition coefficient (Wildman–Crippen LogP) is 0.257. The molecule has 1 rings (SSSR count). The Labute approximate surface area is 77.1 Å². The van der Waals surface area contributed by atoms with Gasteiger partial charge in [0.25, 0.3) is 0 Å². The Balaban J connectivity index is 2.19. The molecule has 0 amide bonds. The highest BCUT2D eigenvalue weighted by Crippen LogP contribution is 2.09. The van der Waals surface area contributed by atoms with Gasteiger partial charge >= 0.3 is 5.97 Å². The molecule has 0 bridgehead atoms. The van der Waals surface area contributed by atoms with Crippen LogP contribution in [0, 0.1) is 0 Å². The Morgan fingerprint density at radius 2 is 2.46 bits per heavy atom. The molecule has 0 aromatic carbocycles. The van der Waals surface area contributed by atoms with Crippen LogP contribution in [0.15, 0.2) is 11.6 Å².